The highest BCUT2D eigenvalue weighted by Crippen LogP contribution is 2.41. The topological polar surface area (TPSA) is 48.6 Å². The van der Waals surface area contributed by atoms with Crippen LogP contribution in [0.4, 0.5) is 0 Å². The minimum atomic E-state index is -0.272. The standard InChI is InChI=1S/C12H7Br2ClN2OS/c13-6-1-2-19-11(6)10(15)5-3-8-9(4-7(5)14)17-12(18)16-8/h1-4,10H,(H2,16,17,18). The number of aromatic amines is 2. The summed E-state index contributed by atoms with van der Waals surface area (Å²) < 4.78 is 1.86. The maximum atomic E-state index is 11.3. The average molecular weight is 423 g/mol. The molecule has 0 bridgehead atoms. The number of hydrogen-bond donors (Lipinski definition) is 2. The van der Waals surface area contributed by atoms with Crippen LogP contribution in [0.25, 0.3) is 11.0 Å². The summed E-state index contributed by atoms with van der Waals surface area (Å²) in [7, 11) is 0. The fourth-order valence-electron chi connectivity index (χ4n) is 1.89. The van der Waals surface area contributed by atoms with E-state index < -0.39 is 0 Å². The van der Waals surface area contributed by atoms with Gasteiger partial charge in [-0.2, -0.15) is 0 Å². The maximum Gasteiger partial charge on any atom is 0.323 e. The van der Waals surface area contributed by atoms with Crippen LogP contribution in [0.15, 0.2) is 37.3 Å². The molecular weight excluding hydrogens is 415 g/mol. The van der Waals surface area contributed by atoms with Gasteiger partial charge in [0.1, 0.15) is 0 Å². The van der Waals surface area contributed by atoms with E-state index >= 15 is 0 Å². The van der Waals surface area contributed by atoms with Gasteiger partial charge in [-0.1, -0.05) is 15.9 Å². The van der Waals surface area contributed by atoms with Crippen molar-refractivity contribution in [1.82, 2.24) is 9.97 Å². The van der Waals surface area contributed by atoms with Gasteiger partial charge in [-0.25, -0.2) is 4.79 Å². The molecule has 1 atom stereocenters. The van der Waals surface area contributed by atoms with Gasteiger partial charge in [0.05, 0.1) is 16.4 Å². The first-order chi connectivity index (χ1) is 9.06. The fourth-order valence-corrected chi connectivity index (χ4v) is 4.78. The average Bonchev–Trinajstić information content (AvgIpc) is 2.92. The number of thiophene rings is 1. The van der Waals surface area contributed by atoms with E-state index in [0.717, 1.165) is 30.4 Å². The smallest absolute Gasteiger partial charge is 0.306 e. The highest BCUT2D eigenvalue weighted by Gasteiger charge is 2.19. The van der Waals surface area contributed by atoms with Gasteiger partial charge in [0.25, 0.3) is 0 Å². The molecule has 2 heterocycles. The normalized spacial score (nSPS) is 13.0. The second-order valence-corrected chi connectivity index (χ2v) is 7.09. The molecule has 2 aromatic heterocycles. The van der Waals surface area contributed by atoms with Crippen molar-refractivity contribution in [1.29, 1.82) is 0 Å². The zero-order valence-electron chi connectivity index (χ0n) is 9.34. The van der Waals surface area contributed by atoms with E-state index in [4.69, 9.17) is 11.6 Å². The Balaban J connectivity index is 2.16. The number of imidazole rings is 1. The second-order valence-electron chi connectivity index (χ2n) is 3.99. The molecule has 0 radical (unpaired) electrons. The summed E-state index contributed by atoms with van der Waals surface area (Å²) in [5.74, 6) is 0. The lowest BCUT2D eigenvalue weighted by Crippen LogP contribution is -1.99. The van der Waals surface area contributed by atoms with Crippen molar-refractivity contribution in [2.24, 2.45) is 0 Å². The molecule has 19 heavy (non-hydrogen) atoms. The number of aromatic nitrogens is 2. The SMILES string of the molecule is O=c1[nH]c2cc(Br)c(C(Cl)c3sccc3Br)cc2[nH]1. The molecule has 0 saturated heterocycles. The maximum absolute atomic E-state index is 11.3. The Morgan fingerprint density at radius 1 is 1.16 bits per heavy atom. The number of halogens is 3. The monoisotopic (exact) mass is 420 g/mol. The molecule has 0 fully saturated rings. The van der Waals surface area contributed by atoms with Crippen LogP contribution in [0.2, 0.25) is 0 Å². The number of benzene rings is 1. The number of fused-ring (bicyclic) bond motifs is 1. The van der Waals surface area contributed by atoms with Gasteiger partial charge in [-0.3, -0.25) is 0 Å². The Hall–Kier alpha value is -0.560. The highest BCUT2D eigenvalue weighted by atomic mass is 79.9. The number of hydrogen-bond acceptors (Lipinski definition) is 2. The Morgan fingerprint density at radius 2 is 1.84 bits per heavy atom. The van der Waals surface area contributed by atoms with Gasteiger partial charge < -0.3 is 9.97 Å². The predicted molar refractivity (Wildman–Crippen MR) is 86.3 cm³/mol. The van der Waals surface area contributed by atoms with Crippen LogP contribution in [-0.2, 0) is 0 Å². The molecule has 2 N–H and O–H groups in total. The van der Waals surface area contributed by atoms with Crippen LogP contribution >= 0.6 is 54.8 Å². The summed E-state index contributed by atoms with van der Waals surface area (Å²) in [5, 5.41) is 1.71. The minimum absolute atomic E-state index is 0.220. The second kappa shape index (κ2) is 5.09. The lowest BCUT2D eigenvalue weighted by Gasteiger charge is -2.11. The van der Waals surface area contributed by atoms with Crippen molar-refractivity contribution in [3.05, 3.63) is 53.4 Å². The number of rotatable bonds is 2. The van der Waals surface area contributed by atoms with E-state index in [2.05, 4.69) is 41.8 Å². The lowest BCUT2D eigenvalue weighted by molar-refractivity contribution is 1.16. The van der Waals surface area contributed by atoms with Gasteiger partial charge in [0.15, 0.2) is 0 Å². The van der Waals surface area contributed by atoms with Crippen molar-refractivity contribution in [3.8, 4) is 0 Å². The van der Waals surface area contributed by atoms with Gasteiger partial charge in [0, 0.05) is 13.8 Å². The summed E-state index contributed by atoms with van der Waals surface area (Å²) in [5.41, 5.74) is 2.21. The van der Waals surface area contributed by atoms with Crippen molar-refractivity contribution in [3.63, 3.8) is 0 Å². The van der Waals surface area contributed by atoms with Gasteiger partial charge >= 0.3 is 5.69 Å². The molecule has 0 spiro atoms. The predicted octanol–water partition coefficient (Wildman–Crippen LogP) is 4.77. The Labute approximate surface area is 134 Å². The van der Waals surface area contributed by atoms with E-state index in [1.54, 1.807) is 11.3 Å². The molecule has 0 aliphatic carbocycles. The first-order valence-corrected chi connectivity index (χ1v) is 8.25. The molecule has 1 aromatic carbocycles. The van der Waals surface area contributed by atoms with Crippen molar-refractivity contribution in [2.45, 2.75) is 5.38 Å². The van der Waals surface area contributed by atoms with E-state index in [-0.39, 0.29) is 11.1 Å². The molecule has 0 aliphatic heterocycles. The Bertz CT molecular complexity index is 808. The molecule has 0 saturated carbocycles. The van der Waals surface area contributed by atoms with Gasteiger partial charge in [-0.15, -0.1) is 22.9 Å². The summed E-state index contributed by atoms with van der Waals surface area (Å²) >= 11 is 15.1. The number of alkyl halides is 1. The van der Waals surface area contributed by atoms with E-state index in [1.165, 1.54) is 0 Å². The van der Waals surface area contributed by atoms with Crippen LogP contribution in [0.3, 0.4) is 0 Å². The zero-order chi connectivity index (χ0) is 13.6. The quantitative estimate of drug-likeness (QED) is 0.574. The van der Waals surface area contributed by atoms with Crippen LogP contribution in [0.5, 0.6) is 0 Å². The molecule has 0 amide bonds. The third kappa shape index (κ3) is 2.42. The minimum Gasteiger partial charge on any atom is -0.306 e. The zero-order valence-corrected chi connectivity index (χ0v) is 14.1. The molecule has 1 unspecified atom stereocenters. The van der Waals surface area contributed by atoms with Crippen molar-refractivity contribution >= 4 is 65.8 Å². The van der Waals surface area contributed by atoms with Crippen LogP contribution in [0, 0.1) is 0 Å². The molecule has 7 heteroatoms. The van der Waals surface area contributed by atoms with E-state index in [0.29, 0.717) is 0 Å². The third-order valence-corrected chi connectivity index (χ3v) is 5.99. The number of H-pyrrole nitrogens is 2. The Morgan fingerprint density at radius 3 is 2.47 bits per heavy atom. The lowest BCUT2D eigenvalue weighted by atomic mass is 10.1. The number of nitrogens with one attached hydrogen (secondary N) is 2. The molecule has 3 aromatic rings. The summed E-state index contributed by atoms with van der Waals surface area (Å²) in [6.45, 7) is 0. The Kier molecular flexibility index (Phi) is 3.59. The van der Waals surface area contributed by atoms with Crippen LogP contribution < -0.4 is 5.69 Å². The van der Waals surface area contributed by atoms with Crippen molar-refractivity contribution in [2.75, 3.05) is 0 Å². The van der Waals surface area contributed by atoms with Crippen molar-refractivity contribution < 1.29 is 0 Å². The molecule has 98 valence electrons. The largest absolute Gasteiger partial charge is 0.323 e. The molecular formula is C12H7Br2ClN2OS. The van der Waals surface area contributed by atoms with E-state index in [1.807, 2.05) is 23.6 Å². The highest BCUT2D eigenvalue weighted by molar-refractivity contribution is 9.10. The summed E-state index contributed by atoms with van der Waals surface area (Å²) in [6, 6.07) is 5.72. The molecule has 0 aliphatic rings. The first-order valence-electron chi connectivity index (χ1n) is 5.34. The fraction of sp³-hybridized carbons (Fsp3) is 0.0833. The summed E-state index contributed by atoms with van der Waals surface area (Å²) in [6.07, 6.45) is 0. The summed E-state index contributed by atoms with van der Waals surface area (Å²) in [4.78, 5) is 17.8. The first kappa shape index (κ1) is 13.4. The van der Waals surface area contributed by atoms with Gasteiger partial charge in [-0.05, 0) is 45.1 Å². The van der Waals surface area contributed by atoms with Crippen LogP contribution in [0.1, 0.15) is 15.8 Å². The molecule has 3 nitrogen and oxygen atoms in total. The molecule has 3 rings (SSSR count). The van der Waals surface area contributed by atoms with Gasteiger partial charge in [0.2, 0.25) is 0 Å². The van der Waals surface area contributed by atoms with Crippen LogP contribution in [-0.4, -0.2) is 9.97 Å². The van der Waals surface area contributed by atoms with E-state index in [9.17, 15) is 4.79 Å². The third-order valence-electron chi connectivity index (χ3n) is 2.78.